The highest BCUT2D eigenvalue weighted by atomic mass is 16.2. The third-order valence-electron chi connectivity index (χ3n) is 6.48. The van der Waals surface area contributed by atoms with Crippen molar-refractivity contribution in [3.05, 3.63) is 70.8 Å². The number of aromatic nitrogens is 3. The first kappa shape index (κ1) is 20.2. The van der Waals surface area contributed by atoms with Gasteiger partial charge in [-0.3, -0.25) is 15.1 Å². The Morgan fingerprint density at radius 1 is 0.900 bits per heavy atom. The van der Waals surface area contributed by atoms with Gasteiger partial charge in [0.25, 0.3) is 0 Å². The molecule has 1 aliphatic rings. The van der Waals surface area contributed by atoms with Crippen molar-refractivity contribution in [2.45, 2.75) is 52.9 Å². The number of nitrogens with one attached hydrogen (secondary N) is 1. The van der Waals surface area contributed by atoms with Gasteiger partial charge >= 0.3 is 0 Å². The second kappa shape index (κ2) is 8.34. The highest BCUT2D eigenvalue weighted by molar-refractivity contribution is 5.92. The van der Waals surface area contributed by atoms with E-state index in [1.807, 2.05) is 24.4 Å². The molecule has 2 heterocycles. The van der Waals surface area contributed by atoms with E-state index in [0.717, 1.165) is 36.1 Å². The Kier molecular flexibility index (Phi) is 5.62. The zero-order chi connectivity index (χ0) is 21.3. The van der Waals surface area contributed by atoms with E-state index in [0.29, 0.717) is 5.95 Å². The van der Waals surface area contributed by atoms with E-state index in [-0.39, 0.29) is 17.7 Å². The molecule has 0 saturated heterocycles. The van der Waals surface area contributed by atoms with E-state index in [2.05, 4.69) is 49.0 Å². The van der Waals surface area contributed by atoms with Crippen molar-refractivity contribution in [3.63, 3.8) is 0 Å². The van der Waals surface area contributed by atoms with Crippen LogP contribution >= 0.6 is 0 Å². The summed E-state index contributed by atoms with van der Waals surface area (Å²) in [6.07, 6.45) is 8.35. The van der Waals surface area contributed by atoms with Gasteiger partial charge < -0.3 is 0 Å². The van der Waals surface area contributed by atoms with Gasteiger partial charge in [-0.1, -0.05) is 30.7 Å². The van der Waals surface area contributed by atoms with E-state index in [4.69, 9.17) is 4.98 Å². The number of aryl methyl sites for hydroxylation is 2. The molecule has 1 aliphatic carbocycles. The van der Waals surface area contributed by atoms with Crippen LogP contribution in [0.25, 0.3) is 11.1 Å². The molecule has 1 saturated carbocycles. The Labute approximate surface area is 178 Å². The number of hydrogen-bond acceptors (Lipinski definition) is 4. The maximum absolute atomic E-state index is 13.1. The minimum Gasteiger partial charge on any atom is -0.294 e. The average Bonchev–Trinajstić information content (AvgIpc) is 3.23. The molecule has 0 aliphatic heterocycles. The van der Waals surface area contributed by atoms with Crippen molar-refractivity contribution in [2.75, 3.05) is 5.32 Å². The van der Waals surface area contributed by atoms with Gasteiger partial charge in [-0.05, 0) is 68.4 Å². The van der Waals surface area contributed by atoms with Crippen LogP contribution in [-0.4, -0.2) is 20.9 Å². The van der Waals surface area contributed by atoms with Crippen LogP contribution in [0.15, 0.2) is 42.9 Å². The normalized spacial score (nSPS) is 18.4. The molecule has 1 amide bonds. The highest BCUT2D eigenvalue weighted by Gasteiger charge is 2.36. The van der Waals surface area contributed by atoms with Crippen molar-refractivity contribution in [3.8, 4) is 11.1 Å². The fraction of sp³-hybridized carbons (Fsp3) is 0.360. The fourth-order valence-corrected chi connectivity index (χ4v) is 4.45. The Balaban J connectivity index is 1.51. The predicted molar refractivity (Wildman–Crippen MR) is 119 cm³/mol. The lowest BCUT2D eigenvalue weighted by molar-refractivity contribution is -0.120. The summed E-state index contributed by atoms with van der Waals surface area (Å²) in [6.45, 7) is 8.39. The first-order chi connectivity index (χ1) is 14.5. The molecule has 5 nitrogen and oxygen atoms in total. The molecular weight excluding hydrogens is 372 g/mol. The molecule has 2 unspecified atom stereocenters. The summed E-state index contributed by atoms with van der Waals surface area (Å²) in [7, 11) is 0. The van der Waals surface area contributed by atoms with Crippen molar-refractivity contribution >= 4 is 11.9 Å². The minimum atomic E-state index is -0.0991. The first-order valence-electron chi connectivity index (χ1n) is 10.6. The van der Waals surface area contributed by atoms with Crippen LogP contribution in [0.4, 0.5) is 5.95 Å². The summed E-state index contributed by atoms with van der Waals surface area (Å²) in [6, 6.07) is 8.13. The highest BCUT2D eigenvalue weighted by Crippen LogP contribution is 2.41. The monoisotopic (exact) mass is 400 g/mol. The van der Waals surface area contributed by atoms with Crippen LogP contribution in [0, 0.1) is 33.6 Å². The van der Waals surface area contributed by atoms with Crippen LogP contribution < -0.4 is 5.32 Å². The molecule has 4 rings (SSSR count). The SMILES string of the molecule is Cc1ccccc1-c1cnc(NC(=O)C2CCCC2c2ncc(C)c(C)c2C)nc1. The predicted octanol–water partition coefficient (Wildman–Crippen LogP) is 5.29. The molecule has 154 valence electrons. The molecule has 30 heavy (non-hydrogen) atoms. The van der Waals surface area contributed by atoms with Crippen LogP contribution in [-0.2, 0) is 4.79 Å². The minimum absolute atomic E-state index is 0.0134. The summed E-state index contributed by atoms with van der Waals surface area (Å²) >= 11 is 0. The molecule has 3 aromatic rings. The number of pyridine rings is 1. The smallest absolute Gasteiger partial charge is 0.230 e. The maximum atomic E-state index is 13.1. The van der Waals surface area contributed by atoms with Crippen LogP contribution in [0.3, 0.4) is 0 Å². The number of nitrogens with zero attached hydrogens (tertiary/aromatic N) is 3. The topological polar surface area (TPSA) is 67.8 Å². The number of anilines is 1. The second-order valence-electron chi connectivity index (χ2n) is 8.32. The zero-order valence-corrected chi connectivity index (χ0v) is 18.1. The molecule has 0 radical (unpaired) electrons. The third-order valence-corrected chi connectivity index (χ3v) is 6.48. The van der Waals surface area contributed by atoms with Gasteiger partial charge in [0.1, 0.15) is 0 Å². The van der Waals surface area contributed by atoms with Crippen molar-refractivity contribution in [1.82, 2.24) is 15.0 Å². The summed E-state index contributed by atoms with van der Waals surface area (Å²) in [5, 5.41) is 2.93. The van der Waals surface area contributed by atoms with Crippen molar-refractivity contribution < 1.29 is 4.79 Å². The van der Waals surface area contributed by atoms with Crippen LogP contribution in [0.1, 0.15) is 53.1 Å². The summed E-state index contributed by atoms with van der Waals surface area (Å²) < 4.78 is 0. The van der Waals surface area contributed by atoms with Gasteiger partial charge in [0.05, 0.1) is 0 Å². The molecular formula is C25H28N4O. The van der Waals surface area contributed by atoms with Gasteiger partial charge in [-0.15, -0.1) is 0 Å². The Bertz CT molecular complexity index is 1080. The number of amides is 1. The molecule has 2 aromatic heterocycles. The number of rotatable bonds is 4. The number of benzene rings is 1. The van der Waals surface area contributed by atoms with E-state index in [1.165, 1.54) is 22.3 Å². The first-order valence-corrected chi connectivity index (χ1v) is 10.6. The molecule has 1 fully saturated rings. The Morgan fingerprint density at radius 3 is 2.37 bits per heavy atom. The largest absolute Gasteiger partial charge is 0.294 e. The molecule has 2 atom stereocenters. The van der Waals surface area contributed by atoms with E-state index in [1.54, 1.807) is 12.4 Å². The van der Waals surface area contributed by atoms with Crippen LogP contribution in [0.5, 0.6) is 0 Å². The third kappa shape index (κ3) is 3.84. The van der Waals surface area contributed by atoms with Gasteiger partial charge in [-0.2, -0.15) is 0 Å². The number of carbonyl (C=O) groups excluding carboxylic acids is 1. The average molecular weight is 401 g/mol. The summed E-state index contributed by atoms with van der Waals surface area (Å²) in [5.41, 5.74) is 7.94. The lowest BCUT2D eigenvalue weighted by Crippen LogP contribution is -2.26. The molecule has 0 spiro atoms. The molecule has 1 aromatic carbocycles. The standard InChI is InChI=1S/C25H28N4O/c1-15-8-5-6-9-20(15)19-13-27-25(28-14-19)29-24(30)22-11-7-10-21(22)23-18(4)17(3)16(2)12-26-23/h5-6,8-9,12-14,21-22H,7,10-11H2,1-4H3,(H,27,28,29,30). The number of hydrogen-bond donors (Lipinski definition) is 1. The second-order valence-corrected chi connectivity index (χ2v) is 8.32. The Hall–Kier alpha value is -3.08. The van der Waals surface area contributed by atoms with E-state index < -0.39 is 0 Å². The van der Waals surface area contributed by atoms with Crippen molar-refractivity contribution in [1.29, 1.82) is 0 Å². The van der Waals surface area contributed by atoms with E-state index >= 15 is 0 Å². The van der Waals surface area contributed by atoms with E-state index in [9.17, 15) is 4.79 Å². The summed E-state index contributed by atoms with van der Waals surface area (Å²) in [5.74, 6) is 0.391. The Morgan fingerprint density at radius 2 is 1.63 bits per heavy atom. The van der Waals surface area contributed by atoms with Gasteiger partial charge in [-0.25, -0.2) is 9.97 Å². The van der Waals surface area contributed by atoms with Gasteiger partial charge in [0.15, 0.2) is 0 Å². The molecule has 0 bridgehead atoms. The molecule has 1 N–H and O–H groups in total. The summed E-state index contributed by atoms with van der Waals surface area (Å²) in [4.78, 5) is 26.5. The van der Waals surface area contributed by atoms with Crippen LogP contribution in [0.2, 0.25) is 0 Å². The van der Waals surface area contributed by atoms with Crippen molar-refractivity contribution in [2.24, 2.45) is 5.92 Å². The lowest BCUT2D eigenvalue weighted by atomic mass is 9.87. The zero-order valence-electron chi connectivity index (χ0n) is 18.1. The number of carbonyl (C=O) groups is 1. The maximum Gasteiger partial charge on any atom is 0.230 e. The van der Waals surface area contributed by atoms with Gasteiger partial charge in [0.2, 0.25) is 11.9 Å². The molecule has 5 heteroatoms. The fourth-order valence-electron chi connectivity index (χ4n) is 4.45. The lowest BCUT2D eigenvalue weighted by Gasteiger charge is -2.21. The van der Waals surface area contributed by atoms with Gasteiger partial charge in [0, 0.05) is 41.7 Å². The quantitative estimate of drug-likeness (QED) is 0.646.